The number of nitriles is 1. The van der Waals surface area contributed by atoms with Crippen molar-refractivity contribution < 1.29 is 9.67 Å². The third kappa shape index (κ3) is 3.01. The van der Waals surface area contributed by atoms with E-state index in [-0.39, 0.29) is 5.92 Å². The van der Waals surface area contributed by atoms with Crippen LogP contribution in [0.5, 0.6) is 0 Å². The molecule has 0 radical (unpaired) electrons. The van der Waals surface area contributed by atoms with Gasteiger partial charge in [0.2, 0.25) is 6.04 Å². The summed E-state index contributed by atoms with van der Waals surface area (Å²) < 4.78 is 1.92. The Morgan fingerprint density at radius 2 is 1.88 bits per heavy atom. The molecular weight excluding hydrogens is 342 g/mol. The van der Waals surface area contributed by atoms with Crippen molar-refractivity contribution in [3.8, 4) is 6.07 Å². The van der Waals surface area contributed by atoms with Crippen LogP contribution in [-0.4, -0.2) is 15.8 Å². The molecule has 3 rings (SSSR count). The van der Waals surface area contributed by atoms with Crippen LogP contribution in [0, 0.1) is 17.2 Å². The molecule has 0 aliphatic carbocycles. The van der Waals surface area contributed by atoms with Crippen LogP contribution < -0.4 is 9.88 Å². The maximum absolute atomic E-state index is 11.0. The van der Waals surface area contributed by atoms with Gasteiger partial charge >= 0.3 is 0 Å². The third-order valence-electron chi connectivity index (χ3n) is 4.39. The first-order valence-electron chi connectivity index (χ1n) is 7.59. The van der Waals surface area contributed by atoms with E-state index in [9.17, 15) is 10.4 Å². The quantitative estimate of drug-likeness (QED) is 0.640. The van der Waals surface area contributed by atoms with Crippen molar-refractivity contribution in [3.05, 3.63) is 65.4 Å². The van der Waals surface area contributed by atoms with Gasteiger partial charge in [0.05, 0.1) is 17.0 Å². The SMILES string of the molecule is C[C@]1(O)NC(=S)[C@H](C#N)[C@H](c2ccc(Cl)cc2)[C@@H]1[n+]1ccccc1. The number of piperidine rings is 1. The molecule has 0 spiro atoms. The van der Waals surface area contributed by atoms with Gasteiger partial charge in [0, 0.05) is 17.2 Å². The highest BCUT2D eigenvalue weighted by atomic mass is 35.5. The topological polar surface area (TPSA) is 59.9 Å². The molecular formula is C18H17ClN3OS+. The molecule has 0 amide bonds. The normalized spacial score (nSPS) is 29.6. The number of nitrogens with zero attached hydrogens (tertiary/aromatic N) is 2. The lowest BCUT2D eigenvalue weighted by Gasteiger charge is -2.42. The van der Waals surface area contributed by atoms with Gasteiger partial charge in [0.25, 0.3) is 0 Å². The first-order valence-corrected chi connectivity index (χ1v) is 8.38. The number of benzene rings is 1. The standard InChI is InChI=1S/C18H16ClN3OS/c1-18(23)16(22-9-3-2-4-10-22)15(14(11-20)17(24)21-18)12-5-7-13(19)8-6-12/h2-10,14-16,23H,1H3/p+1/t14-,15+,16+,18-/m1/s1. The molecule has 1 aliphatic heterocycles. The molecule has 2 heterocycles. The lowest BCUT2D eigenvalue weighted by molar-refractivity contribution is -0.742. The molecule has 1 aromatic heterocycles. The van der Waals surface area contributed by atoms with Crippen LogP contribution in [-0.2, 0) is 0 Å². The molecule has 4 nitrogen and oxygen atoms in total. The van der Waals surface area contributed by atoms with Gasteiger partial charge in [-0.25, -0.2) is 0 Å². The first-order chi connectivity index (χ1) is 11.4. The maximum Gasteiger partial charge on any atom is 0.213 e. The van der Waals surface area contributed by atoms with Crippen molar-refractivity contribution in [1.29, 1.82) is 5.26 Å². The Balaban J connectivity index is 2.17. The molecule has 0 saturated carbocycles. The van der Waals surface area contributed by atoms with Crippen LogP contribution in [0.4, 0.5) is 0 Å². The predicted molar refractivity (Wildman–Crippen MR) is 95.3 cm³/mol. The molecule has 0 unspecified atom stereocenters. The summed E-state index contributed by atoms with van der Waals surface area (Å²) in [7, 11) is 0. The number of hydrogen-bond acceptors (Lipinski definition) is 3. The summed E-state index contributed by atoms with van der Waals surface area (Å²) in [5.74, 6) is -0.845. The van der Waals surface area contributed by atoms with E-state index in [0.29, 0.717) is 10.0 Å². The number of aromatic nitrogens is 1. The van der Waals surface area contributed by atoms with Gasteiger partial charge in [-0.15, -0.1) is 0 Å². The van der Waals surface area contributed by atoms with Crippen LogP contribution in [0.1, 0.15) is 24.4 Å². The molecule has 1 fully saturated rings. The number of hydrogen-bond donors (Lipinski definition) is 2. The van der Waals surface area contributed by atoms with Crippen molar-refractivity contribution in [1.82, 2.24) is 5.32 Å². The molecule has 4 atom stereocenters. The van der Waals surface area contributed by atoms with Gasteiger partial charge < -0.3 is 10.4 Å². The van der Waals surface area contributed by atoms with Gasteiger partial charge in [-0.1, -0.05) is 42.0 Å². The van der Waals surface area contributed by atoms with Gasteiger partial charge in [-0.3, -0.25) is 0 Å². The van der Waals surface area contributed by atoms with Crippen molar-refractivity contribution in [2.45, 2.75) is 24.6 Å². The minimum absolute atomic E-state index is 0.302. The van der Waals surface area contributed by atoms with E-state index in [1.54, 1.807) is 19.1 Å². The Hall–Kier alpha value is -2.00. The number of nitrogens with one attached hydrogen (secondary N) is 1. The second kappa shape index (κ2) is 6.48. The van der Waals surface area contributed by atoms with Crippen LogP contribution in [0.15, 0.2) is 54.9 Å². The number of rotatable bonds is 2. The zero-order valence-corrected chi connectivity index (χ0v) is 14.6. The first kappa shape index (κ1) is 16.8. The highest BCUT2D eigenvalue weighted by Gasteiger charge is 2.54. The van der Waals surface area contributed by atoms with Crippen molar-refractivity contribution in [2.75, 3.05) is 0 Å². The Labute approximate surface area is 151 Å². The minimum Gasteiger partial charge on any atom is -0.366 e. The fourth-order valence-corrected chi connectivity index (χ4v) is 3.90. The van der Waals surface area contributed by atoms with Gasteiger partial charge in [0.1, 0.15) is 5.92 Å². The average molecular weight is 359 g/mol. The summed E-state index contributed by atoms with van der Waals surface area (Å²) >= 11 is 11.4. The Kier molecular flexibility index (Phi) is 4.55. The Morgan fingerprint density at radius 1 is 1.25 bits per heavy atom. The molecule has 122 valence electrons. The second-order valence-electron chi connectivity index (χ2n) is 6.09. The molecule has 24 heavy (non-hydrogen) atoms. The van der Waals surface area contributed by atoms with Gasteiger partial charge in [-0.05, 0) is 24.6 Å². The molecule has 1 aromatic carbocycles. The lowest BCUT2D eigenvalue weighted by Crippen LogP contribution is -2.67. The highest BCUT2D eigenvalue weighted by molar-refractivity contribution is 7.80. The van der Waals surface area contributed by atoms with Crippen molar-refractivity contribution >= 4 is 28.8 Å². The van der Waals surface area contributed by atoms with E-state index in [0.717, 1.165) is 5.56 Å². The monoisotopic (exact) mass is 358 g/mol. The molecule has 2 N–H and O–H groups in total. The molecule has 0 bridgehead atoms. The Morgan fingerprint density at radius 3 is 2.46 bits per heavy atom. The number of halogens is 1. The summed E-state index contributed by atoms with van der Waals surface area (Å²) in [4.78, 5) is 0.357. The van der Waals surface area contributed by atoms with Crippen molar-refractivity contribution in [3.63, 3.8) is 0 Å². The third-order valence-corrected chi connectivity index (χ3v) is 5.00. The van der Waals surface area contributed by atoms with E-state index >= 15 is 0 Å². The van der Waals surface area contributed by atoms with Crippen LogP contribution >= 0.6 is 23.8 Å². The molecule has 1 saturated heterocycles. The maximum atomic E-state index is 11.0. The summed E-state index contributed by atoms with van der Waals surface area (Å²) in [5, 5.41) is 24.2. The molecule has 6 heteroatoms. The Bertz CT molecular complexity index is 786. The summed E-state index contributed by atoms with van der Waals surface area (Å²) in [6.45, 7) is 1.68. The summed E-state index contributed by atoms with van der Waals surface area (Å²) in [6, 6.07) is 14.9. The van der Waals surface area contributed by atoms with E-state index in [1.165, 1.54) is 0 Å². The van der Waals surface area contributed by atoms with E-state index in [4.69, 9.17) is 23.8 Å². The fraction of sp³-hybridized carbons (Fsp3) is 0.278. The largest absolute Gasteiger partial charge is 0.366 e. The second-order valence-corrected chi connectivity index (χ2v) is 6.96. The predicted octanol–water partition coefficient (Wildman–Crippen LogP) is 2.73. The summed E-state index contributed by atoms with van der Waals surface area (Å²) in [5.41, 5.74) is -0.378. The number of pyridine rings is 1. The zero-order chi connectivity index (χ0) is 17.3. The minimum atomic E-state index is -1.29. The van der Waals surface area contributed by atoms with Crippen LogP contribution in [0.25, 0.3) is 0 Å². The van der Waals surface area contributed by atoms with E-state index in [2.05, 4.69) is 11.4 Å². The highest BCUT2D eigenvalue weighted by Crippen LogP contribution is 2.42. The molecule has 1 aliphatic rings. The number of thiocarbonyl (C=S) groups is 1. The van der Waals surface area contributed by atoms with E-state index < -0.39 is 17.7 Å². The van der Waals surface area contributed by atoms with Gasteiger partial charge in [0.15, 0.2) is 18.1 Å². The van der Waals surface area contributed by atoms with E-state index in [1.807, 2.05) is 47.3 Å². The lowest BCUT2D eigenvalue weighted by atomic mass is 9.74. The fourth-order valence-electron chi connectivity index (χ4n) is 3.37. The van der Waals surface area contributed by atoms with Crippen LogP contribution in [0.3, 0.4) is 0 Å². The van der Waals surface area contributed by atoms with Gasteiger partial charge in [-0.2, -0.15) is 9.83 Å². The van der Waals surface area contributed by atoms with Crippen LogP contribution in [0.2, 0.25) is 5.02 Å². The van der Waals surface area contributed by atoms with Crippen molar-refractivity contribution in [2.24, 2.45) is 5.92 Å². The molecule has 2 aromatic rings. The smallest absolute Gasteiger partial charge is 0.213 e. The number of aliphatic hydroxyl groups is 1. The summed E-state index contributed by atoms with van der Waals surface area (Å²) in [6.07, 6.45) is 3.76. The average Bonchev–Trinajstić information content (AvgIpc) is 2.55. The zero-order valence-electron chi connectivity index (χ0n) is 13.1.